The van der Waals surface area contributed by atoms with Crippen LogP contribution in [0.15, 0.2) is 49.1 Å². The third kappa shape index (κ3) is 2.90. The van der Waals surface area contributed by atoms with E-state index in [0.717, 1.165) is 13.1 Å². The molecule has 17 heavy (non-hydrogen) atoms. The number of hydrogen-bond donors (Lipinski definition) is 0. The van der Waals surface area contributed by atoms with Crippen LogP contribution in [0.1, 0.15) is 20.3 Å². The number of pyridine rings is 2. The summed E-state index contributed by atoms with van der Waals surface area (Å²) in [6.45, 7) is 6.45. The lowest BCUT2D eigenvalue weighted by molar-refractivity contribution is -0.696. The Bertz CT molecular complexity index is 457. The summed E-state index contributed by atoms with van der Waals surface area (Å²) >= 11 is 0. The van der Waals surface area contributed by atoms with Crippen molar-refractivity contribution in [3.05, 3.63) is 49.1 Å². The molecule has 0 aliphatic carbocycles. The van der Waals surface area contributed by atoms with E-state index >= 15 is 0 Å². The molecule has 0 radical (unpaired) electrons. The Kier molecular flexibility index (Phi) is 3.86. The van der Waals surface area contributed by atoms with E-state index in [1.165, 1.54) is 17.5 Å². The molecule has 2 heterocycles. The molecule has 0 saturated heterocycles. The van der Waals surface area contributed by atoms with E-state index < -0.39 is 0 Å². The fourth-order valence-corrected chi connectivity index (χ4v) is 1.92. The molecule has 2 aromatic rings. The average Bonchev–Trinajstić information content (AvgIpc) is 2.40. The normalized spacial score (nSPS) is 10.5. The van der Waals surface area contributed by atoms with Gasteiger partial charge in [-0.1, -0.05) is 6.92 Å². The van der Waals surface area contributed by atoms with E-state index in [4.69, 9.17) is 0 Å². The van der Waals surface area contributed by atoms with Crippen molar-refractivity contribution in [3.63, 3.8) is 0 Å². The van der Waals surface area contributed by atoms with Crippen molar-refractivity contribution < 1.29 is 9.13 Å². The minimum Gasteiger partial charge on any atom is -0.205 e. The fraction of sp³-hybridized carbons (Fsp3) is 0.333. The molecule has 0 N–H and O–H groups in total. The first-order chi connectivity index (χ1) is 8.33. The topological polar surface area (TPSA) is 7.76 Å². The second-order valence-electron chi connectivity index (χ2n) is 4.24. The molecule has 0 spiro atoms. The summed E-state index contributed by atoms with van der Waals surface area (Å²) < 4.78 is 4.39. The van der Waals surface area contributed by atoms with E-state index in [1.807, 2.05) is 0 Å². The highest BCUT2D eigenvalue weighted by Gasteiger charge is 2.03. The van der Waals surface area contributed by atoms with Gasteiger partial charge >= 0.3 is 0 Å². The predicted molar refractivity (Wildman–Crippen MR) is 68.2 cm³/mol. The predicted octanol–water partition coefficient (Wildman–Crippen LogP) is 2.36. The fourth-order valence-electron chi connectivity index (χ4n) is 1.92. The molecule has 2 heteroatoms. The molecular formula is C15H20N2+2. The third-order valence-corrected chi connectivity index (χ3v) is 2.96. The zero-order valence-electron chi connectivity index (χ0n) is 10.6. The zero-order valence-corrected chi connectivity index (χ0v) is 10.6. The van der Waals surface area contributed by atoms with Crippen LogP contribution >= 0.6 is 0 Å². The number of hydrogen-bond acceptors (Lipinski definition) is 0. The van der Waals surface area contributed by atoms with Crippen LogP contribution in [-0.4, -0.2) is 0 Å². The van der Waals surface area contributed by atoms with Crippen LogP contribution in [0.2, 0.25) is 0 Å². The van der Waals surface area contributed by atoms with Crippen molar-refractivity contribution in [2.75, 3.05) is 0 Å². The van der Waals surface area contributed by atoms with Gasteiger partial charge in [0.15, 0.2) is 24.8 Å². The lowest BCUT2D eigenvalue weighted by atomic mass is 10.1. The maximum Gasteiger partial charge on any atom is 0.169 e. The van der Waals surface area contributed by atoms with Crippen molar-refractivity contribution in [3.8, 4) is 11.1 Å². The first kappa shape index (κ1) is 11.8. The maximum absolute atomic E-state index is 2.22. The molecule has 88 valence electrons. The summed E-state index contributed by atoms with van der Waals surface area (Å²) in [4.78, 5) is 0. The molecule has 0 aliphatic rings. The highest BCUT2D eigenvalue weighted by molar-refractivity contribution is 5.60. The maximum atomic E-state index is 2.22. The van der Waals surface area contributed by atoms with Gasteiger partial charge in [0.05, 0.1) is 0 Å². The first-order valence-electron chi connectivity index (χ1n) is 6.32. The lowest BCUT2D eigenvalue weighted by Gasteiger charge is -2.00. The first-order valence-corrected chi connectivity index (χ1v) is 6.32. The average molecular weight is 228 g/mol. The van der Waals surface area contributed by atoms with Gasteiger partial charge in [0.1, 0.15) is 13.1 Å². The molecular weight excluding hydrogens is 208 g/mol. The molecule has 2 rings (SSSR count). The quantitative estimate of drug-likeness (QED) is 0.710. The third-order valence-electron chi connectivity index (χ3n) is 2.96. The van der Waals surface area contributed by atoms with E-state index in [1.54, 1.807) is 0 Å². The van der Waals surface area contributed by atoms with Gasteiger partial charge in [0, 0.05) is 30.7 Å². The van der Waals surface area contributed by atoms with Crippen LogP contribution < -0.4 is 9.13 Å². The van der Waals surface area contributed by atoms with Gasteiger partial charge in [-0.05, 0) is 18.1 Å². The molecule has 0 aromatic carbocycles. The van der Waals surface area contributed by atoms with Crippen LogP contribution in [0.3, 0.4) is 0 Å². The van der Waals surface area contributed by atoms with E-state index in [2.05, 4.69) is 72.0 Å². The second kappa shape index (κ2) is 5.58. The molecule has 0 amide bonds. The van der Waals surface area contributed by atoms with Gasteiger partial charge < -0.3 is 0 Å². The number of aryl methyl sites for hydroxylation is 2. The van der Waals surface area contributed by atoms with Crippen molar-refractivity contribution >= 4 is 0 Å². The van der Waals surface area contributed by atoms with Gasteiger partial charge in [-0.2, -0.15) is 0 Å². The van der Waals surface area contributed by atoms with Crippen molar-refractivity contribution in [2.45, 2.75) is 33.4 Å². The van der Waals surface area contributed by atoms with Crippen LogP contribution in [-0.2, 0) is 13.1 Å². The van der Waals surface area contributed by atoms with Gasteiger partial charge in [-0.15, -0.1) is 0 Å². The van der Waals surface area contributed by atoms with E-state index in [9.17, 15) is 0 Å². The minimum absolute atomic E-state index is 1.02. The zero-order chi connectivity index (χ0) is 12.1. The van der Waals surface area contributed by atoms with Crippen molar-refractivity contribution in [2.24, 2.45) is 0 Å². The van der Waals surface area contributed by atoms with Crippen molar-refractivity contribution in [1.29, 1.82) is 0 Å². The Morgan fingerprint density at radius 3 is 1.65 bits per heavy atom. The lowest BCUT2D eigenvalue weighted by Crippen LogP contribution is -2.32. The molecule has 2 nitrogen and oxygen atoms in total. The highest BCUT2D eigenvalue weighted by Crippen LogP contribution is 2.15. The summed E-state index contributed by atoms with van der Waals surface area (Å²) in [5.41, 5.74) is 2.55. The van der Waals surface area contributed by atoms with Gasteiger partial charge in [0.25, 0.3) is 0 Å². The second-order valence-corrected chi connectivity index (χ2v) is 4.24. The Balaban J connectivity index is 2.20. The Hall–Kier alpha value is -1.70. The van der Waals surface area contributed by atoms with Crippen LogP contribution in [0.25, 0.3) is 11.1 Å². The molecule has 0 aliphatic heterocycles. The molecule has 0 unspecified atom stereocenters. The molecule has 0 fully saturated rings. The van der Waals surface area contributed by atoms with Crippen LogP contribution in [0.5, 0.6) is 0 Å². The Morgan fingerprint density at radius 1 is 0.765 bits per heavy atom. The molecule has 0 bridgehead atoms. The van der Waals surface area contributed by atoms with E-state index in [-0.39, 0.29) is 0 Å². The highest BCUT2D eigenvalue weighted by atomic mass is 14.9. The van der Waals surface area contributed by atoms with Gasteiger partial charge in [-0.3, -0.25) is 0 Å². The SMILES string of the molecule is CCC[n+]1ccc(-c2cc[n+](CC)cc2)cc1. The van der Waals surface area contributed by atoms with E-state index in [0.29, 0.717) is 0 Å². The van der Waals surface area contributed by atoms with Crippen LogP contribution in [0, 0.1) is 0 Å². The summed E-state index contributed by atoms with van der Waals surface area (Å²) in [5, 5.41) is 0. The number of aromatic nitrogens is 2. The minimum atomic E-state index is 1.02. The number of rotatable bonds is 4. The molecule has 0 saturated carbocycles. The summed E-state index contributed by atoms with van der Waals surface area (Å²) in [6.07, 6.45) is 9.73. The molecule has 0 atom stereocenters. The van der Waals surface area contributed by atoms with Gasteiger partial charge in [-0.25, -0.2) is 9.13 Å². The van der Waals surface area contributed by atoms with Crippen LogP contribution in [0.4, 0.5) is 0 Å². The smallest absolute Gasteiger partial charge is 0.169 e. The Morgan fingerprint density at radius 2 is 1.24 bits per heavy atom. The summed E-state index contributed by atoms with van der Waals surface area (Å²) in [7, 11) is 0. The summed E-state index contributed by atoms with van der Waals surface area (Å²) in [6, 6.07) is 8.70. The van der Waals surface area contributed by atoms with Gasteiger partial charge in [0.2, 0.25) is 0 Å². The van der Waals surface area contributed by atoms with Crippen molar-refractivity contribution in [1.82, 2.24) is 0 Å². The largest absolute Gasteiger partial charge is 0.205 e. The Labute approximate surface area is 103 Å². The summed E-state index contributed by atoms with van der Waals surface area (Å²) in [5.74, 6) is 0. The standard InChI is InChI=1S/C15H20N2/c1-3-9-17-12-7-15(8-13-17)14-5-10-16(4-2)11-6-14/h5-8,10-13H,3-4,9H2,1-2H3/q+2. The monoisotopic (exact) mass is 228 g/mol. The molecule has 2 aromatic heterocycles. The number of nitrogens with zero attached hydrogens (tertiary/aromatic N) is 2.